The van der Waals surface area contributed by atoms with E-state index in [9.17, 15) is 0 Å². The van der Waals surface area contributed by atoms with E-state index < -0.39 is 0 Å². The fraction of sp³-hybridized carbons (Fsp3) is 1.00. The van der Waals surface area contributed by atoms with Gasteiger partial charge in [0.25, 0.3) is 0 Å². The maximum atomic E-state index is 5.52. The first-order valence-electron chi connectivity index (χ1n) is 22.2. The topological polar surface area (TPSA) is 160 Å². The van der Waals surface area contributed by atoms with Crippen LogP contribution in [0.25, 0.3) is 0 Å². The van der Waals surface area contributed by atoms with Gasteiger partial charge in [-0.05, 0) is 259 Å². The Morgan fingerprint density at radius 1 is 0.157 bits per heavy atom. The van der Waals surface area contributed by atoms with Gasteiger partial charge in [-0.25, -0.2) is 0 Å². The molecule has 0 aliphatic rings. The maximum absolute atomic E-state index is 5.52. The third kappa shape index (κ3) is 49.6. The van der Waals surface area contributed by atoms with Crippen LogP contribution < -0.4 is 59.3 Å². The number of unbranched alkanes of at least 4 members (excludes halogenated alkanes) is 10. The minimum Gasteiger partial charge on any atom is -0.330 e. The van der Waals surface area contributed by atoms with Crippen LogP contribution in [0.2, 0.25) is 0 Å². The Hall–Kier alpha value is -0.440. The highest BCUT2D eigenvalue weighted by molar-refractivity contribution is 4.59. The Kier molecular flexibility index (Phi) is 49.1. The van der Waals surface area contributed by atoms with Crippen molar-refractivity contribution in [3.8, 4) is 0 Å². The molecule has 0 aromatic carbocycles. The summed E-state index contributed by atoms with van der Waals surface area (Å²) in [4.78, 5) is 0. The molecule has 0 atom stereocenters. The molecule has 0 radical (unpaired) electrons. The highest BCUT2D eigenvalue weighted by Crippen LogP contribution is 1.93. The van der Waals surface area contributed by atoms with Gasteiger partial charge in [0.15, 0.2) is 0 Å². The lowest BCUT2D eigenvalue weighted by Crippen LogP contribution is -2.23. The number of hydrogen-bond acceptors (Lipinski definition) is 11. The van der Waals surface area contributed by atoms with E-state index in [4.69, 9.17) is 11.5 Å². The van der Waals surface area contributed by atoms with Crippen LogP contribution >= 0.6 is 0 Å². The van der Waals surface area contributed by atoms with Crippen LogP contribution in [0, 0.1) is 0 Å². The van der Waals surface area contributed by atoms with E-state index in [1.165, 1.54) is 116 Å². The molecule has 0 aliphatic carbocycles. The van der Waals surface area contributed by atoms with Crippen LogP contribution in [0.5, 0.6) is 0 Å². The number of rotatable bonds is 48. The van der Waals surface area contributed by atoms with E-state index in [-0.39, 0.29) is 0 Å². The lowest BCUT2D eigenvalue weighted by atomic mass is 10.2. The zero-order valence-electron chi connectivity index (χ0n) is 33.9. The molecule has 11 heteroatoms. The van der Waals surface area contributed by atoms with E-state index in [1.807, 2.05) is 0 Å². The Balaban J connectivity index is 3.04. The Morgan fingerprint density at radius 3 is 0.353 bits per heavy atom. The molecule has 51 heavy (non-hydrogen) atoms. The van der Waals surface area contributed by atoms with E-state index in [2.05, 4.69) is 47.9 Å². The second-order valence-electron chi connectivity index (χ2n) is 14.4. The van der Waals surface area contributed by atoms with Crippen molar-refractivity contribution in [2.24, 2.45) is 11.5 Å². The molecular formula is C40H93N11. The average molecular weight is 728 g/mol. The first-order chi connectivity index (χ1) is 25.4. The van der Waals surface area contributed by atoms with Gasteiger partial charge in [0.2, 0.25) is 0 Å². The summed E-state index contributed by atoms with van der Waals surface area (Å²) in [5.41, 5.74) is 11.0. The van der Waals surface area contributed by atoms with E-state index in [0.29, 0.717) is 0 Å². The zero-order chi connectivity index (χ0) is 36.6. The molecule has 0 aromatic rings. The summed E-state index contributed by atoms with van der Waals surface area (Å²) in [6.45, 7) is 22.2. The highest BCUT2D eigenvalue weighted by Gasteiger charge is 1.96. The van der Waals surface area contributed by atoms with Crippen molar-refractivity contribution >= 4 is 0 Å². The third-order valence-electron chi connectivity index (χ3n) is 9.27. The van der Waals surface area contributed by atoms with Gasteiger partial charge in [0, 0.05) is 0 Å². The van der Waals surface area contributed by atoms with Gasteiger partial charge in [0.1, 0.15) is 0 Å². The SMILES string of the molecule is NCCCCNCCCCNCCCCNCCCCNCCCCNCCCCNCCCCNCCCCNCCCCNCCCCN. The highest BCUT2D eigenvalue weighted by atomic mass is 14.9. The number of hydrogen-bond donors (Lipinski definition) is 11. The molecule has 0 rings (SSSR count). The van der Waals surface area contributed by atoms with Crippen molar-refractivity contribution < 1.29 is 0 Å². The lowest BCUT2D eigenvalue weighted by Gasteiger charge is -2.08. The van der Waals surface area contributed by atoms with Gasteiger partial charge in [-0.3, -0.25) is 0 Å². The van der Waals surface area contributed by atoms with Crippen LogP contribution in [-0.4, -0.2) is 131 Å². The van der Waals surface area contributed by atoms with Gasteiger partial charge in [-0.1, -0.05) is 0 Å². The molecule has 0 aliphatic heterocycles. The molecule has 0 fully saturated rings. The van der Waals surface area contributed by atoms with Crippen molar-refractivity contribution in [2.45, 2.75) is 128 Å². The summed E-state index contributed by atoms with van der Waals surface area (Å²) >= 11 is 0. The number of nitrogens with two attached hydrogens (primary N) is 2. The van der Waals surface area contributed by atoms with E-state index >= 15 is 0 Å². The fourth-order valence-corrected chi connectivity index (χ4v) is 5.91. The lowest BCUT2D eigenvalue weighted by molar-refractivity contribution is 0.527. The fourth-order valence-electron chi connectivity index (χ4n) is 5.91. The van der Waals surface area contributed by atoms with Gasteiger partial charge >= 0.3 is 0 Å². The number of nitrogens with one attached hydrogen (secondary N) is 9. The molecule has 0 spiro atoms. The predicted octanol–water partition coefficient (Wildman–Crippen LogP) is 3.01. The monoisotopic (exact) mass is 728 g/mol. The van der Waals surface area contributed by atoms with Crippen LogP contribution in [0.3, 0.4) is 0 Å². The van der Waals surface area contributed by atoms with Gasteiger partial charge in [0.05, 0.1) is 0 Å². The Morgan fingerprint density at radius 2 is 0.255 bits per heavy atom. The van der Waals surface area contributed by atoms with Crippen LogP contribution in [0.15, 0.2) is 0 Å². The molecule has 0 amide bonds. The smallest absolute Gasteiger partial charge is 0.00484 e. The van der Waals surface area contributed by atoms with Crippen molar-refractivity contribution in [1.82, 2.24) is 47.9 Å². The molecule has 0 heterocycles. The van der Waals surface area contributed by atoms with E-state index in [1.54, 1.807) is 0 Å². The molecule has 13 N–H and O–H groups in total. The molecule has 0 aromatic heterocycles. The van der Waals surface area contributed by atoms with Crippen molar-refractivity contribution in [1.29, 1.82) is 0 Å². The summed E-state index contributed by atoms with van der Waals surface area (Å²) in [5, 5.41) is 32.2. The molecule has 308 valence electrons. The maximum Gasteiger partial charge on any atom is -0.00484 e. The second kappa shape index (κ2) is 49.6. The molecular weight excluding hydrogens is 635 g/mol. The Bertz CT molecular complexity index is 541. The summed E-state index contributed by atoms with van der Waals surface area (Å²) in [6, 6.07) is 0. The first-order valence-corrected chi connectivity index (χ1v) is 22.2. The largest absolute Gasteiger partial charge is 0.330 e. The molecule has 0 saturated heterocycles. The minimum atomic E-state index is 0.812. The Labute approximate surface area is 318 Å². The van der Waals surface area contributed by atoms with Crippen molar-refractivity contribution in [3.05, 3.63) is 0 Å². The normalized spacial score (nSPS) is 11.6. The summed E-state index contributed by atoms with van der Waals surface area (Å²) in [6.07, 6.45) is 25.0. The van der Waals surface area contributed by atoms with Gasteiger partial charge < -0.3 is 59.3 Å². The van der Waals surface area contributed by atoms with Crippen LogP contribution in [-0.2, 0) is 0 Å². The molecule has 0 bridgehead atoms. The summed E-state index contributed by atoms with van der Waals surface area (Å²) in [5.74, 6) is 0. The molecule has 0 saturated carbocycles. The summed E-state index contributed by atoms with van der Waals surface area (Å²) < 4.78 is 0. The van der Waals surface area contributed by atoms with Crippen LogP contribution in [0.4, 0.5) is 0 Å². The van der Waals surface area contributed by atoms with E-state index in [0.717, 1.165) is 144 Å². The summed E-state index contributed by atoms with van der Waals surface area (Å²) in [7, 11) is 0. The average Bonchev–Trinajstić information content (AvgIpc) is 3.14. The standard InChI is InChI=1S/C40H93N11/c41-21-1-3-23-43-25-5-7-27-45-29-9-11-31-47-33-13-15-35-49-37-17-19-39-51-40-20-18-38-50-36-16-14-34-48-32-12-10-30-46-28-8-6-26-44-24-4-2-22-42/h43-51H,1-42H2. The quantitative estimate of drug-likeness (QED) is 0.0419. The van der Waals surface area contributed by atoms with Crippen molar-refractivity contribution in [3.63, 3.8) is 0 Å². The van der Waals surface area contributed by atoms with Crippen molar-refractivity contribution in [2.75, 3.05) is 131 Å². The predicted molar refractivity (Wildman–Crippen MR) is 226 cm³/mol. The molecule has 0 unspecified atom stereocenters. The minimum absolute atomic E-state index is 0.812. The molecule has 11 nitrogen and oxygen atoms in total. The van der Waals surface area contributed by atoms with Crippen LogP contribution in [0.1, 0.15) is 128 Å². The third-order valence-corrected chi connectivity index (χ3v) is 9.27. The first kappa shape index (κ1) is 50.6. The van der Waals surface area contributed by atoms with Gasteiger partial charge in [-0.15, -0.1) is 0 Å². The zero-order valence-corrected chi connectivity index (χ0v) is 33.9. The van der Waals surface area contributed by atoms with Gasteiger partial charge in [-0.2, -0.15) is 0 Å². The second-order valence-corrected chi connectivity index (χ2v) is 14.4.